The van der Waals surface area contributed by atoms with Gasteiger partial charge in [-0.3, -0.25) is 4.98 Å². The number of fused-ring (bicyclic) bond motifs is 1. The lowest BCUT2D eigenvalue weighted by molar-refractivity contribution is 0.689. The number of hydrogen-bond acceptors (Lipinski definition) is 2. The van der Waals surface area contributed by atoms with Crippen molar-refractivity contribution in [1.82, 2.24) is 15.3 Å². The molecule has 1 aromatic carbocycles. The lowest BCUT2D eigenvalue weighted by Gasteiger charge is -2.06. The Kier molecular flexibility index (Phi) is 3.56. The molecule has 0 spiro atoms. The summed E-state index contributed by atoms with van der Waals surface area (Å²) in [5, 5.41) is 4.80. The van der Waals surface area contributed by atoms with Crippen LogP contribution in [-0.4, -0.2) is 16.5 Å². The van der Waals surface area contributed by atoms with Crippen LogP contribution >= 0.6 is 0 Å². The van der Waals surface area contributed by atoms with E-state index < -0.39 is 0 Å². The Labute approximate surface area is 112 Å². The summed E-state index contributed by atoms with van der Waals surface area (Å²) >= 11 is 0. The van der Waals surface area contributed by atoms with Gasteiger partial charge in [0, 0.05) is 36.0 Å². The quantitative estimate of drug-likeness (QED) is 0.685. The number of hydrogen-bond donors (Lipinski definition) is 2. The first-order chi connectivity index (χ1) is 9.43. The second kappa shape index (κ2) is 5.67. The molecule has 2 heterocycles. The second-order valence-electron chi connectivity index (χ2n) is 4.64. The monoisotopic (exact) mass is 251 g/mol. The molecule has 3 nitrogen and oxygen atoms in total. The van der Waals surface area contributed by atoms with Crippen LogP contribution in [0.4, 0.5) is 0 Å². The standard InChI is InChI=1S/C16H17N3/c1-2-14(15-7-11-19-16(15)3-1)12-18-10-6-13-4-8-17-9-5-13/h1-5,7-9,11,18-19H,6,10,12H2. The molecule has 2 aromatic heterocycles. The van der Waals surface area contributed by atoms with E-state index in [0.717, 1.165) is 19.5 Å². The predicted octanol–water partition coefficient (Wildman–Crippen LogP) is 2.90. The number of benzene rings is 1. The minimum absolute atomic E-state index is 0.903. The molecule has 0 bridgehead atoms. The van der Waals surface area contributed by atoms with E-state index in [2.05, 4.69) is 51.7 Å². The van der Waals surface area contributed by atoms with Gasteiger partial charge >= 0.3 is 0 Å². The van der Waals surface area contributed by atoms with Gasteiger partial charge in [-0.25, -0.2) is 0 Å². The Morgan fingerprint density at radius 2 is 1.95 bits per heavy atom. The van der Waals surface area contributed by atoms with Crippen molar-refractivity contribution < 1.29 is 0 Å². The maximum absolute atomic E-state index is 4.03. The highest BCUT2D eigenvalue weighted by molar-refractivity contribution is 5.82. The minimum Gasteiger partial charge on any atom is -0.361 e. The fourth-order valence-electron chi connectivity index (χ4n) is 2.31. The van der Waals surface area contributed by atoms with E-state index in [0.29, 0.717) is 0 Å². The first-order valence-corrected chi connectivity index (χ1v) is 6.58. The van der Waals surface area contributed by atoms with E-state index in [1.165, 1.54) is 22.0 Å². The largest absolute Gasteiger partial charge is 0.361 e. The summed E-state index contributed by atoms with van der Waals surface area (Å²) in [6, 6.07) is 12.6. The van der Waals surface area contributed by atoms with Crippen LogP contribution < -0.4 is 5.32 Å². The Morgan fingerprint density at radius 3 is 2.84 bits per heavy atom. The van der Waals surface area contributed by atoms with Crippen molar-refractivity contribution in [2.45, 2.75) is 13.0 Å². The summed E-state index contributed by atoms with van der Waals surface area (Å²) in [5.74, 6) is 0. The van der Waals surface area contributed by atoms with Crippen LogP contribution in [0.25, 0.3) is 10.9 Å². The van der Waals surface area contributed by atoms with Crippen molar-refractivity contribution in [3.05, 3.63) is 66.1 Å². The minimum atomic E-state index is 0.903. The van der Waals surface area contributed by atoms with Gasteiger partial charge in [0.15, 0.2) is 0 Å². The summed E-state index contributed by atoms with van der Waals surface area (Å²) in [7, 11) is 0. The predicted molar refractivity (Wildman–Crippen MR) is 77.9 cm³/mol. The number of aromatic nitrogens is 2. The van der Waals surface area contributed by atoms with Gasteiger partial charge in [0.25, 0.3) is 0 Å². The van der Waals surface area contributed by atoms with Crippen LogP contribution in [0.15, 0.2) is 55.0 Å². The van der Waals surface area contributed by atoms with Crippen LogP contribution in [0, 0.1) is 0 Å². The molecule has 0 radical (unpaired) electrons. The first-order valence-electron chi connectivity index (χ1n) is 6.58. The fraction of sp³-hybridized carbons (Fsp3) is 0.188. The van der Waals surface area contributed by atoms with Crippen LogP contribution in [0.1, 0.15) is 11.1 Å². The van der Waals surface area contributed by atoms with Crippen molar-refractivity contribution in [2.24, 2.45) is 0 Å². The van der Waals surface area contributed by atoms with Crippen molar-refractivity contribution in [3.8, 4) is 0 Å². The Hall–Kier alpha value is -2.13. The number of H-pyrrole nitrogens is 1. The zero-order valence-corrected chi connectivity index (χ0v) is 10.8. The number of pyridine rings is 1. The summed E-state index contributed by atoms with van der Waals surface area (Å²) in [4.78, 5) is 7.27. The number of nitrogens with zero attached hydrogens (tertiary/aromatic N) is 1. The van der Waals surface area contributed by atoms with Gasteiger partial charge in [-0.15, -0.1) is 0 Å². The molecule has 0 unspecified atom stereocenters. The van der Waals surface area contributed by atoms with Gasteiger partial charge in [0.05, 0.1) is 0 Å². The molecule has 19 heavy (non-hydrogen) atoms. The number of aromatic amines is 1. The zero-order valence-electron chi connectivity index (χ0n) is 10.8. The molecule has 3 aromatic rings. The van der Waals surface area contributed by atoms with E-state index in [4.69, 9.17) is 0 Å². The van der Waals surface area contributed by atoms with Gasteiger partial charge in [-0.1, -0.05) is 12.1 Å². The third-order valence-electron chi connectivity index (χ3n) is 3.34. The van der Waals surface area contributed by atoms with E-state index in [1.807, 2.05) is 18.6 Å². The molecule has 0 fully saturated rings. The summed E-state index contributed by atoms with van der Waals surface area (Å²) in [6.07, 6.45) is 6.71. The molecule has 0 aliphatic rings. The van der Waals surface area contributed by atoms with Crippen LogP contribution in [-0.2, 0) is 13.0 Å². The van der Waals surface area contributed by atoms with Gasteiger partial charge < -0.3 is 10.3 Å². The highest BCUT2D eigenvalue weighted by atomic mass is 14.8. The molecule has 0 saturated heterocycles. The zero-order chi connectivity index (χ0) is 12.9. The van der Waals surface area contributed by atoms with Crippen molar-refractivity contribution in [2.75, 3.05) is 6.54 Å². The van der Waals surface area contributed by atoms with Gasteiger partial charge in [-0.2, -0.15) is 0 Å². The normalized spacial score (nSPS) is 10.9. The molecular weight excluding hydrogens is 234 g/mol. The lowest BCUT2D eigenvalue weighted by atomic mass is 10.1. The molecule has 0 amide bonds. The van der Waals surface area contributed by atoms with Crippen molar-refractivity contribution >= 4 is 10.9 Å². The molecule has 0 aliphatic carbocycles. The van der Waals surface area contributed by atoms with Gasteiger partial charge in [0.2, 0.25) is 0 Å². The van der Waals surface area contributed by atoms with Crippen molar-refractivity contribution in [3.63, 3.8) is 0 Å². The van der Waals surface area contributed by atoms with E-state index >= 15 is 0 Å². The first kappa shape index (κ1) is 11.9. The lowest BCUT2D eigenvalue weighted by Crippen LogP contribution is -2.16. The third-order valence-corrected chi connectivity index (χ3v) is 3.34. The summed E-state index contributed by atoms with van der Waals surface area (Å²) < 4.78 is 0. The Bertz CT molecular complexity index is 643. The van der Waals surface area contributed by atoms with Crippen LogP contribution in [0.5, 0.6) is 0 Å². The molecular formula is C16H17N3. The third kappa shape index (κ3) is 2.83. The highest BCUT2D eigenvalue weighted by Crippen LogP contribution is 2.16. The molecule has 0 saturated carbocycles. The molecule has 3 rings (SSSR count). The molecule has 2 N–H and O–H groups in total. The molecule has 96 valence electrons. The van der Waals surface area contributed by atoms with Crippen LogP contribution in [0.2, 0.25) is 0 Å². The van der Waals surface area contributed by atoms with E-state index in [1.54, 1.807) is 0 Å². The molecule has 0 aliphatic heterocycles. The maximum atomic E-state index is 4.03. The highest BCUT2D eigenvalue weighted by Gasteiger charge is 2.00. The number of nitrogens with one attached hydrogen (secondary N) is 2. The maximum Gasteiger partial charge on any atom is 0.0457 e. The average molecular weight is 251 g/mol. The van der Waals surface area contributed by atoms with Gasteiger partial charge in [-0.05, 0) is 48.4 Å². The second-order valence-corrected chi connectivity index (χ2v) is 4.64. The van der Waals surface area contributed by atoms with Gasteiger partial charge in [0.1, 0.15) is 0 Å². The summed E-state index contributed by atoms with van der Waals surface area (Å²) in [5.41, 5.74) is 3.87. The summed E-state index contributed by atoms with van der Waals surface area (Å²) in [6.45, 7) is 1.88. The Balaban J connectivity index is 1.57. The molecule has 3 heteroatoms. The topological polar surface area (TPSA) is 40.7 Å². The Morgan fingerprint density at radius 1 is 1.05 bits per heavy atom. The smallest absolute Gasteiger partial charge is 0.0457 e. The average Bonchev–Trinajstić information content (AvgIpc) is 2.94. The van der Waals surface area contributed by atoms with E-state index in [-0.39, 0.29) is 0 Å². The number of rotatable bonds is 5. The fourth-order valence-corrected chi connectivity index (χ4v) is 2.31. The van der Waals surface area contributed by atoms with Crippen molar-refractivity contribution in [1.29, 1.82) is 0 Å². The SMILES string of the molecule is c1cc(CNCCc2ccncc2)c2cc[nH]c2c1. The van der Waals surface area contributed by atoms with E-state index in [9.17, 15) is 0 Å². The van der Waals surface area contributed by atoms with Crippen LogP contribution in [0.3, 0.4) is 0 Å². The molecule has 0 atom stereocenters.